The Labute approximate surface area is 91.9 Å². The average molecular weight is 227 g/mol. The van der Waals surface area contributed by atoms with Crippen LogP contribution in [0, 0.1) is 6.92 Å². The van der Waals surface area contributed by atoms with Crippen LogP contribution in [0.2, 0.25) is 0 Å². The molecule has 0 unspecified atom stereocenters. The Morgan fingerprint density at radius 2 is 2.53 bits per heavy atom. The zero-order valence-electron chi connectivity index (χ0n) is 8.40. The van der Waals surface area contributed by atoms with Crippen LogP contribution in [0.25, 0.3) is 0 Å². The molecule has 1 aromatic heterocycles. The maximum Gasteiger partial charge on any atom is 0.320 e. The topological polar surface area (TPSA) is 58.6 Å². The minimum Gasteiger partial charge on any atom is -0.480 e. The number of ether oxygens (including phenoxy) is 1. The molecule has 1 aliphatic heterocycles. The molecule has 5 heteroatoms. The van der Waals surface area contributed by atoms with E-state index in [2.05, 4.69) is 5.32 Å². The van der Waals surface area contributed by atoms with Gasteiger partial charge in [0.1, 0.15) is 12.1 Å². The lowest BCUT2D eigenvalue weighted by molar-refractivity contribution is -0.139. The molecule has 1 aromatic rings. The molecule has 2 rings (SSSR count). The molecule has 0 aliphatic carbocycles. The second-order valence-electron chi connectivity index (χ2n) is 3.67. The molecule has 0 amide bonds. The summed E-state index contributed by atoms with van der Waals surface area (Å²) in [6.07, 6.45) is 0.510. The normalized spacial score (nSPS) is 25.4. The lowest BCUT2D eigenvalue weighted by atomic mass is 10.2. The summed E-state index contributed by atoms with van der Waals surface area (Å²) in [5.74, 6) is -0.802. The third kappa shape index (κ3) is 2.30. The van der Waals surface area contributed by atoms with E-state index < -0.39 is 12.0 Å². The van der Waals surface area contributed by atoms with Gasteiger partial charge in [-0.3, -0.25) is 4.79 Å². The Balaban J connectivity index is 1.93. The summed E-state index contributed by atoms with van der Waals surface area (Å²) in [6.45, 7) is 2.59. The van der Waals surface area contributed by atoms with Crippen molar-refractivity contribution >= 4 is 17.3 Å². The number of thiophene rings is 1. The van der Waals surface area contributed by atoms with Crippen LogP contribution in [0.5, 0.6) is 5.06 Å². The monoisotopic (exact) mass is 227 g/mol. The minimum atomic E-state index is -0.802. The van der Waals surface area contributed by atoms with Crippen LogP contribution in [0.3, 0.4) is 0 Å². The number of aliphatic carboxylic acids is 1. The molecule has 0 aromatic carbocycles. The van der Waals surface area contributed by atoms with Crippen LogP contribution in [0.1, 0.15) is 12.0 Å². The summed E-state index contributed by atoms with van der Waals surface area (Å²) in [6, 6.07) is 1.53. The van der Waals surface area contributed by atoms with E-state index in [0.717, 1.165) is 10.6 Å². The van der Waals surface area contributed by atoms with Gasteiger partial charge < -0.3 is 15.2 Å². The van der Waals surface area contributed by atoms with E-state index in [1.807, 2.05) is 18.4 Å². The lowest BCUT2D eigenvalue weighted by Crippen LogP contribution is -2.30. The SMILES string of the molecule is Cc1ccsc1O[C@@H]1CN[C@H](C(=O)O)C1. The fourth-order valence-electron chi connectivity index (χ4n) is 1.61. The van der Waals surface area contributed by atoms with E-state index in [0.29, 0.717) is 13.0 Å². The second kappa shape index (κ2) is 4.20. The number of rotatable bonds is 3. The van der Waals surface area contributed by atoms with E-state index in [4.69, 9.17) is 9.84 Å². The molecule has 15 heavy (non-hydrogen) atoms. The van der Waals surface area contributed by atoms with E-state index in [9.17, 15) is 4.79 Å². The smallest absolute Gasteiger partial charge is 0.320 e. The highest BCUT2D eigenvalue weighted by molar-refractivity contribution is 7.12. The molecular formula is C10H13NO3S. The first-order chi connectivity index (χ1) is 7.16. The van der Waals surface area contributed by atoms with Crippen LogP contribution in [-0.2, 0) is 4.79 Å². The van der Waals surface area contributed by atoms with Gasteiger partial charge in [-0.05, 0) is 18.4 Å². The second-order valence-corrected chi connectivity index (χ2v) is 4.54. The zero-order chi connectivity index (χ0) is 10.8. The third-order valence-electron chi connectivity index (χ3n) is 2.48. The molecule has 0 spiro atoms. The van der Waals surface area contributed by atoms with E-state index in [1.165, 1.54) is 0 Å². The van der Waals surface area contributed by atoms with Crippen LogP contribution in [0.4, 0.5) is 0 Å². The Hall–Kier alpha value is -1.07. The van der Waals surface area contributed by atoms with Gasteiger partial charge in [-0.15, -0.1) is 11.3 Å². The van der Waals surface area contributed by atoms with E-state index >= 15 is 0 Å². The molecule has 2 N–H and O–H groups in total. The number of hydrogen-bond acceptors (Lipinski definition) is 4. The minimum absolute atomic E-state index is 0.0246. The number of hydrogen-bond donors (Lipinski definition) is 2. The number of carboxylic acid groups (broad SMARTS) is 1. The van der Waals surface area contributed by atoms with Gasteiger partial charge in [0.15, 0.2) is 5.06 Å². The molecule has 2 atom stereocenters. The first kappa shape index (κ1) is 10.4. The number of carbonyl (C=O) groups is 1. The predicted octanol–water partition coefficient (Wildman–Crippen LogP) is 1.25. The van der Waals surface area contributed by atoms with Crippen molar-refractivity contribution in [3.8, 4) is 5.06 Å². The van der Waals surface area contributed by atoms with Crippen molar-refractivity contribution in [2.75, 3.05) is 6.54 Å². The lowest BCUT2D eigenvalue weighted by Gasteiger charge is -2.11. The zero-order valence-corrected chi connectivity index (χ0v) is 9.21. The summed E-state index contributed by atoms with van der Waals surface area (Å²) in [5, 5.41) is 14.6. The maximum absolute atomic E-state index is 10.7. The predicted molar refractivity (Wildman–Crippen MR) is 57.5 cm³/mol. The van der Waals surface area contributed by atoms with Crippen molar-refractivity contribution in [2.45, 2.75) is 25.5 Å². The van der Waals surface area contributed by atoms with Crippen LogP contribution in [0.15, 0.2) is 11.4 Å². The number of nitrogens with one attached hydrogen (secondary N) is 1. The quantitative estimate of drug-likeness (QED) is 0.816. The summed E-state index contributed by atoms with van der Waals surface area (Å²) >= 11 is 1.55. The molecule has 0 bridgehead atoms. The van der Waals surface area contributed by atoms with Crippen molar-refractivity contribution in [2.24, 2.45) is 0 Å². The molecule has 2 heterocycles. The highest BCUT2D eigenvalue weighted by Crippen LogP contribution is 2.27. The van der Waals surface area contributed by atoms with Gasteiger partial charge in [0, 0.05) is 18.5 Å². The van der Waals surface area contributed by atoms with Gasteiger partial charge in [0.2, 0.25) is 0 Å². The molecule has 1 saturated heterocycles. The molecule has 4 nitrogen and oxygen atoms in total. The number of carboxylic acids is 1. The fraction of sp³-hybridized carbons (Fsp3) is 0.500. The molecule has 0 saturated carbocycles. The molecular weight excluding hydrogens is 214 g/mol. The first-order valence-corrected chi connectivity index (χ1v) is 5.71. The van der Waals surface area contributed by atoms with Gasteiger partial charge in [0.25, 0.3) is 0 Å². The largest absolute Gasteiger partial charge is 0.480 e. The van der Waals surface area contributed by atoms with Crippen molar-refractivity contribution in [3.05, 3.63) is 17.0 Å². The standard InChI is InChI=1S/C10H13NO3S/c1-6-2-3-15-10(6)14-7-4-8(9(12)13)11-5-7/h2-3,7-8,11H,4-5H2,1H3,(H,12,13)/t7-,8-/m0/s1. The molecule has 82 valence electrons. The summed E-state index contributed by atoms with van der Waals surface area (Å²) < 4.78 is 5.72. The summed E-state index contributed by atoms with van der Waals surface area (Å²) in [4.78, 5) is 10.7. The molecule has 0 radical (unpaired) electrons. The molecule has 1 aliphatic rings. The van der Waals surface area contributed by atoms with Crippen molar-refractivity contribution < 1.29 is 14.6 Å². The van der Waals surface area contributed by atoms with Gasteiger partial charge in [0.05, 0.1) is 0 Å². The van der Waals surface area contributed by atoms with Crippen LogP contribution >= 0.6 is 11.3 Å². The van der Waals surface area contributed by atoms with Gasteiger partial charge >= 0.3 is 5.97 Å². The Morgan fingerprint density at radius 3 is 3.07 bits per heavy atom. The first-order valence-electron chi connectivity index (χ1n) is 4.84. The maximum atomic E-state index is 10.7. The van der Waals surface area contributed by atoms with Crippen molar-refractivity contribution in [1.82, 2.24) is 5.32 Å². The Morgan fingerprint density at radius 1 is 1.73 bits per heavy atom. The highest BCUT2D eigenvalue weighted by atomic mass is 32.1. The highest BCUT2D eigenvalue weighted by Gasteiger charge is 2.30. The van der Waals surface area contributed by atoms with Crippen LogP contribution in [-0.4, -0.2) is 29.8 Å². The van der Waals surface area contributed by atoms with Gasteiger partial charge in [-0.25, -0.2) is 0 Å². The van der Waals surface area contributed by atoms with E-state index in [-0.39, 0.29) is 6.10 Å². The Bertz CT molecular complexity index is 363. The van der Waals surface area contributed by atoms with E-state index in [1.54, 1.807) is 11.3 Å². The number of aryl methyl sites for hydroxylation is 1. The molecule has 1 fully saturated rings. The van der Waals surface area contributed by atoms with Gasteiger partial charge in [-0.1, -0.05) is 0 Å². The van der Waals surface area contributed by atoms with Crippen molar-refractivity contribution in [3.63, 3.8) is 0 Å². The third-order valence-corrected chi connectivity index (χ3v) is 3.38. The van der Waals surface area contributed by atoms with Crippen LogP contribution < -0.4 is 10.1 Å². The van der Waals surface area contributed by atoms with Gasteiger partial charge in [-0.2, -0.15) is 0 Å². The fourth-order valence-corrected chi connectivity index (χ4v) is 2.45. The Kier molecular flexibility index (Phi) is 2.93. The average Bonchev–Trinajstić information content (AvgIpc) is 2.77. The summed E-state index contributed by atoms with van der Waals surface area (Å²) in [5.41, 5.74) is 1.11. The summed E-state index contributed by atoms with van der Waals surface area (Å²) in [7, 11) is 0. The van der Waals surface area contributed by atoms with Crippen molar-refractivity contribution in [1.29, 1.82) is 0 Å².